The van der Waals surface area contributed by atoms with Crippen molar-refractivity contribution in [3.63, 3.8) is 0 Å². The van der Waals surface area contributed by atoms with Gasteiger partial charge in [0.05, 0.1) is 21.5 Å². The van der Waals surface area contributed by atoms with Crippen molar-refractivity contribution in [1.29, 1.82) is 0 Å². The molecule has 1 amide bonds. The highest BCUT2D eigenvalue weighted by Gasteiger charge is 2.10. The molecule has 160 valence electrons. The molecule has 31 heavy (non-hydrogen) atoms. The Bertz CT molecular complexity index is 1050. The molecular formula is C22H20BrClN4O2S. The number of rotatable bonds is 8. The van der Waals surface area contributed by atoms with Crippen molar-refractivity contribution in [2.75, 3.05) is 5.75 Å². The van der Waals surface area contributed by atoms with Crippen LogP contribution in [-0.4, -0.2) is 27.8 Å². The van der Waals surface area contributed by atoms with Crippen LogP contribution >= 0.6 is 39.3 Å². The number of halogens is 2. The number of amides is 1. The van der Waals surface area contributed by atoms with Crippen LogP contribution in [0.2, 0.25) is 5.02 Å². The van der Waals surface area contributed by atoms with Gasteiger partial charge in [0.15, 0.2) is 10.9 Å². The van der Waals surface area contributed by atoms with Crippen LogP contribution < -0.4 is 10.2 Å². The molecule has 0 radical (unpaired) electrons. The molecule has 0 fully saturated rings. The number of benzene rings is 2. The molecule has 6 nitrogen and oxygen atoms in total. The van der Waals surface area contributed by atoms with Crippen LogP contribution in [0.25, 0.3) is 0 Å². The molecule has 3 aromatic rings. The Morgan fingerprint density at radius 1 is 1.19 bits per heavy atom. The van der Waals surface area contributed by atoms with E-state index >= 15 is 0 Å². The van der Waals surface area contributed by atoms with Crippen LogP contribution in [-0.2, 0) is 11.4 Å². The lowest BCUT2D eigenvalue weighted by Crippen LogP contribution is -2.19. The Balaban J connectivity index is 1.53. The van der Waals surface area contributed by atoms with E-state index in [4.69, 9.17) is 16.3 Å². The van der Waals surface area contributed by atoms with Crippen molar-refractivity contribution in [1.82, 2.24) is 15.4 Å². The predicted molar refractivity (Wildman–Crippen MR) is 128 cm³/mol. The van der Waals surface area contributed by atoms with Gasteiger partial charge in [0.1, 0.15) is 6.61 Å². The van der Waals surface area contributed by atoms with E-state index in [1.165, 1.54) is 18.0 Å². The van der Waals surface area contributed by atoms with Gasteiger partial charge in [-0.1, -0.05) is 53.7 Å². The number of carbonyl (C=O) groups excluding carboxylic acids is 1. The molecule has 0 aliphatic heterocycles. The molecule has 0 spiro atoms. The lowest BCUT2D eigenvalue weighted by atomic mass is 10.2. The smallest absolute Gasteiger partial charge is 0.250 e. The van der Waals surface area contributed by atoms with Crippen LogP contribution in [0.15, 0.2) is 63.3 Å². The molecule has 2 aromatic carbocycles. The molecule has 0 unspecified atom stereocenters. The minimum absolute atomic E-state index is 0.164. The van der Waals surface area contributed by atoms with Gasteiger partial charge in [-0.2, -0.15) is 5.10 Å². The topological polar surface area (TPSA) is 76.5 Å². The summed E-state index contributed by atoms with van der Waals surface area (Å²) in [7, 11) is 0. The van der Waals surface area contributed by atoms with Gasteiger partial charge in [-0.25, -0.2) is 15.4 Å². The zero-order valence-electron chi connectivity index (χ0n) is 16.9. The van der Waals surface area contributed by atoms with Gasteiger partial charge in [-0.05, 0) is 59.1 Å². The van der Waals surface area contributed by atoms with Gasteiger partial charge in [0.25, 0.3) is 5.91 Å². The molecule has 0 aliphatic rings. The summed E-state index contributed by atoms with van der Waals surface area (Å²) >= 11 is 11.1. The van der Waals surface area contributed by atoms with Crippen LogP contribution in [0.1, 0.15) is 22.5 Å². The summed E-state index contributed by atoms with van der Waals surface area (Å²) < 4.78 is 6.53. The molecule has 0 atom stereocenters. The fraction of sp³-hybridized carbons (Fsp3) is 0.182. The van der Waals surface area contributed by atoms with Gasteiger partial charge >= 0.3 is 0 Å². The molecule has 3 rings (SSSR count). The van der Waals surface area contributed by atoms with Crippen molar-refractivity contribution in [2.24, 2.45) is 5.10 Å². The number of nitrogens with one attached hydrogen (secondary N) is 1. The number of hydrazone groups is 1. The minimum Gasteiger partial charge on any atom is -0.486 e. The average Bonchev–Trinajstić information content (AvgIpc) is 2.72. The second kappa shape index (κ2) is 11.3. The van der Waals surface area contributed by atoms with Crippen molar-refractivity contribution in [3.05, 3.63) is 80.5 Å². The first-order chi connectivity index (χ1) is 14.9. The maximum absolute atomic E-state index is 12.0. The summed E-state index contributed by atoms with van der Waals surface area (Å²) in [6.07, 6.45) is 1.52. The van der Waals surface area contributed by atoms with E-state index in [-0.39, 0.29) is 11.7 Å². The van der Waals surface area contributed by atoms with Crippen LogP contribution in [0.3, 0.4) is 0 Å². The first-order valence-electron chi connectivity index (χ1n) is 9.33. The molecule has 9 heteroatoms. The Kier molecular flexibility index (Phi) is 8.45. The molecule has 1 heterocycles. The number of aryl methyl sites for hydroxylation is 2. The fourth-order valence-corrected chi connectivity index (χ4v) is 4.35. The van der Waals surface area contributed by atoms with Crippen LogP contribution in [0.4, 0.5) is 0 Å². The number of nitrogens with zero attached hydrogens (tertiary/aromatic N) is 3. The van der Waals surface area contributed by atoms with E-state index < -0.39 is 0 Å². The van der Waals surface area contributed by atoms with Gasteiger partial charge < -0.3 is 4.74 Å². The number of ether oxygens (including phenoxy) is 1. The molecule has 0 bridgehead atoms. The lowest BCUT2D eigenvalue weighted by Gasteiger charge is -2.11. The third kappa shape index (κ3) is 7.34. The van der Waals surface area contributed by atoms with Crippen LogP contribution in [0.5, 0.6) is 5.75 Å². The third-order valence-corrected chi connectivity index (χ3v) is 5.66. The minimum atomic E-state index is -0.253. The van der Waals surface area contributed by atoms with E-state index in [1.807, 2.05) is 56.3 Å². The summed E-state index contributed by atoms with van der Waals surface area (Å²) in [5, 5.41) is 5.01. The molecule has 0 saturated carbocycles. The van der Waals surface area contributed by atoms with Gasteiger partial charge in [-0.15, -0.1) is 0 Å². The maximum atomic E-state index is 12.0. The first-order valence-corrected chi connectivity index (χ1v) is 11.5. The highest BCUT2D eigenvalue weighted by Crippen LogP contribution is 2.34. The quantitative estimate of drug-likeness (QED) is 0.188. The van der Waals surface area contributed by atoms with Crippen molar-refractivity contribution in [3.8, 4) is 5.75 Å². The third-order valence-electron chi connectivity index (χ3n) is 3.94. The Labute approximate surface area is 198 Å². The standard InChI is InChI=1S/C22H20BrClN4O2S/c1-14-8-15(2)27-22(26-14)31-13-20(29)28-25-11-17-9-18(23)21(19(24)10-17)30-12-16-6-4-3-5-7-16/h3-11H,12-13H2,1-2H3,(H,28,29)/b25-11-. The van der Waals surface area contributed by atoms with Gasteiger partial charge in [0, 0.05) is 11.4 Å². The number of hydrogen-bond acceptors (Lipinski definition) is 6. The second-order valence-corrected chi connectivity index (χ2v) is 8.81. The predicted octanol–water partition coefficient (Wildman–Crippen LogP) is 5.33. The lowest BCUT2D eigenvalue weighted by molar-refractivity contribution is -0.118. The summed E-state index contributed by atoms with van der Waals surface area (Å²) in [5.41, 5.74) is 5.99. The monoisotopic (exact) mass is 518 g/mol. The van der Waals surface area contributed by atoms with Crippen molar-refractivity contribution >= 4 is 51.4 Å². The van der Waals surface area contributed by atoms with Crippen molar-refractivity contribution in [2.45, 2.75) is 25.6 Å². The molecule has 0 saturated heterocycles. The highest BCUT2D eigenvalue weighted by atomic mass is 79.9. The normalized spacial score (nSPS) is 11.0. The first kappa shape index (κ1) is 23.2. The zero-order valence-corrected chi connectivity index (χ0v) is 20.1. The second-order valence-electron chi connectivity index (χ2n) is 6.60. The number of carbonyl (C=O) groups is 1. The molecule has 1 N–H and O–H groups in total. The Hall–Kier alpha value is -2.42. The fourth-order valence-electron chi connectivity index (χ4n) is 2.62. The van der Waals surface area contributed by atoms with E-state index in [2.05, 4.69) is 36.4 Å². The van der Waals surface area contributed by atoms with Crippen LogP contribution in [0, 0.1) is 13.8 Å². The molecule has 0 aliphatic carbocycles. The Morgan fingerprint density at radius 2 is 1.90 bits per heavy atom. The summed E-state index contributed by atoms with van der Waals surface area (Å²) in [5.74, 6) is 0.463. The van der Waals surface area contributed by atoms with E-state index in [1.54, 1.807) is 6.07 Å². The van der Waals surface area contributed by atoms with E-state index in [0.717, 1.165) is 22.5 Å². The van der Waals surface area contributed by atoms with Crippen molar-refractivity contribution < 1.29 is 9.53 Å². The van der Waals surface area contributed by atoms with Gasteiger partial charge in [0.2, 0.25) is 0 Å². The largest absolute Gasteiger partial charge is 0.486 e. The zero-order chi connectivity index (χ0) is 22.2. The Morgan fingerprint density at radius 3 is 2.58 bits per heavy atom. The molecule has 1 aromatic heterocycles. The SMILES string of the molecule is Cc1cc(C)nc(SCC(=O)N/N=C\c2cc(Cl)c(OCc3ccccc3)c(Br)c2)n1. The van der Waals surface area contributed by atoms with Gasteiger partial charge in [-0.3, -0.25) is 4.79 Å². The highest BCUT2D eigenvalue weighted by molar-refractivity contribution is 9.10. The average molecular weight is 520 g/mol. The maximum Gasteiger partial charge on any atom is 0.250 e. The number of hydrogen-bond donors (Lipinski definition) is 1. The summed E-state index contributed by atoms with van der Waals surface area (Å²) in [4.78, 5) is 20.6. The molecular weight excluding hydrogens is 500 g/mol. The summed E-state index contributed by atoms with van der Waals surface area (Å²) in [6.45, 7) is 4.19. The summed E-state index contributed by atoms with van der Waals surface area (Å²) in [6, 6.07) is 15.3. The number of thioether (sulfide) groups is 1. The van der Waals surface area contributed by atoms with E-state index in [0.29, 0.717) is 27.0 Å². The van der Waals surface area contributed by atoms with E-state index in [9.17, 15) is 4.79 Å². The number of aromatic nitrogens is 2.